The van der Waals surface area contributed by atoms with Gasteiger partial charge >= 0.3 is 0 Å². The Morgan fingerprint density at radius 1 is 1.33 bits per heavy atom. The van der Waals surface area contributed by atoms with Crippen molar-refractivity contribution < 1.29 is 13.9 Å². The van der Waals surface area contributed by atoms with Crippen molar-refractivity contribution in [2.24, 2.45) is 0 Å². The lowest BCUT2D eigenvalue weighted by molar-refractivity contribution is 0.0552. The van der Waals surface area contributed by atoms with Crippen LogP contribution in [-0.4, -0.2) is 25.2 Å². The third-order valence-electron chi connectivity index (χ3n) is 2.03. The molecule has 0 spiro atoms. The summed E-state index contributed by atoms with van der Waals surface area (Å²) < 4.78 is 24.2. The van der Waals surface area contributed by atoms with Crippen LogP contribution in [0.4, 0.5) is 4.39 Å². The van der Waals surface area contributed by atoms with Crippen LogP contribution in [0.15, 0.2) is 18.2 Å². The van der Waals surface area contributed by atoms with Gasteiger partial charge in [0.1, 0.15) is 18.2 Å². The highest BCUT2D eigenvalue weighted by atomic mass is 35.5. The molecule has 0 amide bonds. The number of benzene rings is 1. The lowest BCUT2D eigenvalue weighted by Gasteiger charge is -2.09. The van der Waals surface area contributed by atoms with E-state index in [4.69, 9.17) is 21.1 Å². The summed E-state index contributed by atoms with van der Waals surface area (Å²) in [7, 11) is 0. The highest BCUT2D eigenvalue weighted by Crippen LogP contribution is 2.16. The second kappa shape index (κ2) is 7.97. The van der Waals surface area contributed by atoms with Gasteiger partial charge in [-0.1, -0.05) is 11.8 Å². The molecule has 0 aliphatic carbocycles. The minimum atomic E-state index is -0.408. The van der Waals surface area contributed by atoms with Crippen molar-refractivity contribution in [1.29, 1.82) is 0 Å². The Morgan fingerprint density at radius 3 is 2.72 bits per heavy atom. The summed E-state index contributed by atoms with van der Waals surface area (Å²) in [4.78, 5) is 0. The molecule has 2 nitrogen and oxygen atoms in total. The molecule has 0 heterocycles. The van der Waals surface area contributed by atoms with Crippen molar-refractivity contribution in [1.82, 2.24) is 0 Å². The molecule has 0 aliphatic rings. The summed E-state index contributed by atoms with van der Waals surface area (Å²) in [6.45, 7) is 4.77. The van der Waals surface area contributed by atoms with Crippen LogP contribution >= 0.6 is 11.6 Å². The standard InChI is InChI=1S/C14H16ClFO2/c1-11(2)17-8-9-18-13-6-5-12(4-3-7-15)14(16)10-13/h5-6,10-11H,7-9H2,1-2H3. The van der Waals surface area contributed by atoms with E-state index < -0.39 is 5.82 Å². The molecule has 1 rings (SSSR count). The summed E-state index contributed by atoms with van der Waals surface area (Å²) in [5.74, 6) is 5.49. The summed E-state index contributed by atoms with van der Waals surface area (Å²) in [5.41, 5.74) is 0.321. The third kappa shape index (κ3) is 5.39. The van der Waals surface area contributed by atoms with Crippen LogP contribution in [0.3, 0.4) is 0 Å². The number of ether oxygens (including phenoxy) is 2. The Morgan fingerprint density at radius 2 is 2.11 bits per heavy atom. The smallest absolute Gasteiger partial charge is 0.142 e. The van der Waals surface area contributed by atoms with Crippen molar-refractivity contribution in [2.45, 2.75) is 20.0 Å². The summed E-state index contributed by atoms with van der Waals surface area (Å²) in [6.07, 6.45) is 0.165. The second-order valence-corrected chi connectivity index (χ2v) is 4.11. The molecule has 4 heteroatoms. The fourth-order valence-corrected chi connectivity index (χ4v) is 1.33. The number of alkyl halides is 1. The van der Waals surface area contributed by atoms with Gasteiger partial charge in [0.15, 0.2) is 0 Å². The lowest BCUT2D eigenvalue weighted by atomic mass is 10.2. The van der Waals surface area contributed by atoms with Crippen LogP contribution in [0.25, 0.3) is 0 Å². The predicted molar refractivity (Wildman–Crippen MR) is 70.6 cm³/mol. The quantitative estimate of drug-likeness (QED) is 0.465. The van der Waals surface area contributed by atoms with Gasteiger partial charge in [-0.3, -0.25) is 0 Å². The van der Waals surface area contributed by atoms with Crippen molar-refractivity contribution >= 4 is 11.6 Å². The largest absolute Gasteiger partial charge is 0.491 e. The highest BCUT2D eigenvalue weighted by Gasteiger charge is 2.02. The van der Waals surface area contributed by atoms with Gasteiger partial charge in [-0.2, -0.15) is 0 Å². The molecule has 0 saturated heterocycles. The first-order valence-electron chi connectivity index (χ1n) is 5.72. The second-order valence-electron chi connectivity index (χ2n) is 3.85. The van der Waals surface area contributed by atoms with Gasteiger partial charge < -0.3 is 9.47 Å². The number of halogens is 2. The molecule has 0 radical (unpaired) electrons. The van der Waals surface area contributed by atoms with Crippen LogP contribution in [-0.2, 0) is 4.74 Å². The van der Waals surface area contributed by atoms with Crippen molar-refractivity contribution in [3.05, 3.63) is 29.6 Å². The molecule has 0 aromatic heterocycles. The first-order valence-corrected chi connectivity index (χ1v) is 6.25. The van der Waals surface area contributed by atoms with Crippen LogP contribution in [0, 0.1) is 17.7 Å². The van der Waals surface area contributed by atoms with Gasteiger partial charge in [-0.05, 0) is 26.0 Å². The molecule has 0 unspecified atom stereocenters. The molecular weight excluding hydrogens is 255 g/mol. The van der Waals surface area contributed by atoms with Gasteiger partial charge in [0.25, 0.3) is 0 Å². The van der Waals surface area contributed by atoms with Gasteiger partial charge in [0.05, 0.1) is 24.2 Å². The van der Waals surface area contributed by atoms with Crippen LogP contribution in [0.1, 0.15) is 19.4 Å². The number of rotatable bonds is 5. The molecule has 0 fully saturated rings. The van der Waals surface area contributed by atoms with Crippen LogP contribution in [0.5, 0.6) is 5.75 Å². The minimum absolute atomic E-state index is 0.165. The Hall–Kier alpha value is -1.24. The molecule has 0 bridgehead atoms. The van der Waals surface area contributed by atoms with E-state index >= 15 is 0 Å². The van der Waals surface area contributed by atoms with Crippen LogP contribution < -0.4 is 4.74 Å². The summed E-state index contributed by atoms with van der Waals surface area (Å²) in [6, 6.07) is 4.57. The monoisotopic (exact) mass is 270 g/mol. The zero-order chi connectivity index (χ0) is 13.4. The normalized spacial score (nSPS) is 10.1. The molecule has 0 N–H and O–H groups in total. The van der Waals surface area contributed by atoms with Crippen molar-refractivity contribution in [3.8, 4) is 17.6 Å². The maximum atomic E-state index is 13.6. The molecule has 1 aromatic carbocycles. The molecule has 1 aromatic rings. The molecular formula is C14H16ClFO2. The number of hydrogen-bond donors (Lipinski definition) is 0. The van der Waals surface area contributed by atoms with Crippen LogP contribution in [0.2, 0.25) is 0 Å². The molecule has 98 valence electrons. The van der Waals surface area contributed by atoms with Crippen molar-refractivity contribution in [3.63, 3.8) is 0 Å². The number of hydrogen-bond acceptors (Lipinski definition) is 2. The first-order chi connectivity index (χ1) is 8.63. The molecule has 0 saturated carbocycles. The molecule has 0 aliphatic heterocycles. The Balaban J connectivity index is 2.51. The minimum Gasteiger partial charge on any atom is -0.491 e. The van der Waals surface area contributed by atoms with E-state index in [1.807, 2.05) is 13.8 Å². The summed E-state index contributed by atoms with van der Waals surface area (Å²) in [5, 5.41) is 0. The van der Waals surface area contributed by atoms with Crippen molar-refractivity contribution in [2.75, 3.05) is 19.1 Å². The van der Waals surface area contributed by atoms with Gasteiger partial charge in [-0.25, -0.2) is 4.39 Å². The lowest BCUT2D eigenvalue weighted by Crippen LogP contribution is -2.11. The molecule has 18 heavy (non-hydrogen) atoms. The first kappa shape index (κ1) is 14.8. The maximum Gasteiger partial charge on any atom is 0.142 e. The van der Waals surface area contributed by atoms with Gasteiger partial charge in [0, 0.05) is 6.07 Å². The average molecular weight is 271 g/mol. The predicted octanol–water partition coefficient (Wildman–Crippen LogP) is 3.22. The Bertz CT molecular complexity index is 435. The Kier molecular flexibility index (Phi) is 6.56. The fourth-order valence-electron chi connectivity index (χ4n) is 1.26. The van der Waals surface area contributed by atoms with E-state index in [-0.39, 0.29) is 12.0 Å². The van der Waals surface area contributed by atoms with E-state index in [0.717, 1.165) is 0 Å². The van der Waals surface area contributed by atoms with E-state index in [1.54, 1.807) is 12.1 Å². The van der Waals surface area contributed by atoms with E-state index in [0.29, 0.717) is 24.5 Å². The van der Waals surface area contributed by atoms with E-state index in [1.165, 1.54) is 6.07 Å². The third-order valence-corrected chi connectivity index (χ3v) is 2.17. The highest BCUT2D eigenvalue weighted by molar-refractivity contribution is 6.19. The molecule has 0 atom stereocenters. The fraction of sp³-hybridized carbons (Fsp3) is 0.429. The zero-order valence-electron chi connectivity index (χ0n) is 10.5. The zero-order valence-corrected chi connectivity index (χ0v) is 11.3. The van der Waals surface area contributed by atoms with Gasteiger partial charge in [0.2, 0.25) is 0 Å². The SMILES string of the molecule is CC(C)OCCOc1ccc(C#CCCl)c(F)c1. The topological polar surface area (TPSA) is 18.5 Å². The Labute approximate surface area is 112 Å². The average Bonchev–Trinajstić information content (AvgIpc) is 2.33. The maximum absolute atomic E-state index is 13.6. The van der Waals surface area contributed by atoms with Gasteiger partial charge in [-0.15, -0.1) is 11.6 Å². The van der Waals surface area contributed by atoms with E-state index in [9.17, 15) is 4.39 Å². The summed E-state index contributed by atoms with van der Waals surface area (Å²) >= 11 is 5.41. The van der Waals surface area contributed by atoms with E-state index in [2.05, 4.69) is 11.8 Å².